The van der Waals surface area contributed by atoms with Crippen molar-refractivity contribution in [3.05, 3.63) is 35.4 Å². The van der Waals surface area contributed by atoms with E-state index in [1.807, 2.05) is 18.2 Å². The number of nitrogens with two attached hydrogens (primary N) is 1. The maximum Gasteiger partial charge on any atom is 0.123 e. The molecule has 1 heterocycles. The van der Waals surface area contributed by atoms with Gasteiger partial charge in [0, 0.05) is 24.7 Å². The van der Waals surface area contributed by atoms with Crippen LogP contribution in [-0.2, 0) is 6.54 Å². The molecule has 1 aliphatic rings. The van der Waals surface area contributed by atoms with Gasteiger partial charge in [0.05, 0.1) is 0 Å². The number of piperidine rings is 1. The van der Waals surface area contributed by atoms with Gasteiger partial charge in [0.2, 0.25) is 0 Å². The SMILES string of the molecule is CN(C)C1CCCN(Cc2ccccc2C(=N)N)C1. The first kappa shape index (κ1) is 14.0. The molecule has 19 heavy (non-hydrogen) atoms. The lowest BCUT2D eigenvalue weighted by molar-refractivity contribution is 0.128. The van der Waals surface area contributed by atoms with E-state index in [9.17, 15) is 0 Å². The summed E-state index contributed by atoms with van der Waals surface area (Å²) in [7, 11) is 4.30. The number of benzene rings is 1. The van der Waals surface area contributed by atoms with Crippen LogP contribution >= 0.6 is 0 Å². The summed E-state index contributed by atoms with van der Waals surface area (Å²) in [5.41, 5.74) is 7.68. The predicted octanol–water partition coefficient (Wildman–Crippen LogP) is 1.50. The molecule has 1 fully saturated rings. The highest BCUT2D eigenvalue weighted by Crippen LogP contribution is 2.18. The Balaban J connectivity index is 2.07. The van der Waals surface area contributed by atoms with Gasteiger partial charge >= 0.3 is 0 Å². The molecule has 1 aromatic rings. The maximum atomic E-state index is 7.65. The molecule has 0 aliphatic carbocycles. The molecule has 1 aliphatic heterocycles. The molecule has 4 nitrogen and oxygen atoms in total. The van der Waals surface area contributed by atoms with E-state index >= 15 is 0 Å². The van der Waals surface area contributed by atoms with Crippen molar-refractivity contribution < 1.29 is 0 Å². The van der Waals surface area contributed by atoms with Gasteiger partial charge < -0.3 is 10.6 Å². The second-order valence-electron chi connectivity index (χ2n) is 5.57. The van der Waals surface area contributed by atoms with E-state index in [1.54, 1.807) is 0 Å². The van der Waals surface area contributed by atoms with Crippen molar-refractivity contribution in [1.29, 1.82) is 5.41 Å². The number of amidine groups is 1. The summed E-state index contributed by atoms with van der Waals surface area (Å²) in [6.45, 7) is 3.12. The third-order valence-corrected chi connectivity index (χ3v) is 3.91. The molecule has 3 N–H and O–H groups in total. The summed E-state index contributed by atoms with van der Waals surface area (Å²) >= 11 is 0. The minimum atomic E-state index is 0.164. The van der Waals surface area contributed by atoms with E-state index < -0.39 is 0 Å². The van der Waals surface area contributed by atoms with Crippen LogP contribution < -0.4 is 5.73 Å². The van der Waals surface area contributed by atoms with Crippen LogP contribution in [0.2, 0.25) is 0 Å². The molecule has 1 atom stereocenters. The van der Waals surface area contributed by atoms with E-state index in [2.05, 4.69) is 30.0 Å². The second-order valence-corrected chi connectivity index (χ2v) is 5.57. The van der Waals surface area contributed by atoms with Crippen molar-refractivity contribution >= 4 is 5.84 Å². The van der Waals surface area contributed by atoms with Gasteiger partial charge in [-0.15, -0.1) is 0 Å². The highest BCUT2D eigenvalue weighted by Gasteiger charge is 2.21. The molecular weight excluding hydrogens is 236 g/mol. The monoisotopic (exact) mass is 260 g/mol. The van der Waals surface area contributed by atoms with Crippen molar-refractivity contribution in [2.24, 2.45) is 5.73 Å². The lowest BCUT2D eigenvalue weighted by Crippen LogP contribution is -2.44. The molecule has 1 aromatic carbocycles. The minimum Gasteiger partial charge on any atom is -0.384 e. The average molecular weight is 260 g/mol. The molecule has 0 saturated carbocycles. The van der Waals surface area contributed by atoms with Crippen LogP contribution in [-0.4, -0.2) is 48.9 Å². The maximum absolute atomic E-state index is 7.65. The van der Waals surface area contributed by atoms with Crippen LogP contribution in [0.4, 0.5) is 0 Å². The fourth-order valence-corrected chi connectivity index (χ4v) is 2.76. The lowest BCUT2D eigenvalue weighted by Gasteiger charge is -2.36. The summed E-state index contributed by atoms with van der Waals surface area (Å²) in [5, 5.41) is 7.65. The molecule has 1 unspecified atom stereocenters. The van der Waals surface area contributed by atoms with Crippen molar-refractivity contribution in [1.82, 2.24) is 9.80 Å². The van der Waals surface area contributed by atoms with Crippen molar-refractivity contribution in [2.75, 3.05) is 27.2 Å². The van der Waals surface area contributed by atoms with Gasteiger partial charge in [0.15, 0.2) is 0 Å². The standard InChI is InChI=1S/C15H24N4/c1-18(2)13-7-5-9-19(11-13)10-12-6-3-4-8-14(12)15(16)17/h3-4,6,8,13H,5,7,9-11H2,1-2H3,(H3,16,17). The Labute approximate surface area is 115 Å². The summed E-state index contributed by atoms with van der Waals surface area (Å²) in [6, 6.07) is 8.62. The van der Waals surface area contributed by atoms with Gasteiger partial charge in [0.1, 0.15) is 5.84 Å². The Morgan fingerprint density at radius 2 is 2.16 bits per heavy atom. The van der Waals surface area contributed by atoms with Crippen LogP contribution in [0.1, 0.15) is 24.0 Å². The van der Waals surface area contributed by atoms with Crippen LogP contribution in [0.3, 0.4) is 0 Å². The van der Waals surface area contributed by atoms with E-state index in [0.717, 1.165) is 30.8 Å². The zero-order valence-corrected chi connectivity index (χ0v) is 11.9. The van der Waals surface area contributed by atoms with Gasteiger partial charge in [-0.05, 0) is 39.0 Å². The molecule has 4 heteroatoms. The van der Waals surface area contributed by atoms with E-state index in [4.69, 9.17) is 11.1 Å². The average Bonchev–Trinajstić information content (AvgIpc) is 2.39. The zero-order chi connectivity index (χ0) is 13.8. The number of likely N-dealkylation sites (tertiary alicyclic amines) is 1. The smallest absolute Gasteiger partial charge is 0.123 e. The number of hydrogen-bond acceptors (Lipinski definition) is 3. The number of nitrogen functional groups attached to an aromatic ring is 1. The van der Waals surface area contributed by atoms with Gasteiger partial charge in [-0.25, -0.2) is 0 Å². The first-order chi connectivity index (χ1) is 9.08. The Hall–Kier alpha value is -1.39. The highest BCUT2D eigenvalue weighted by molar-refractivity contribution is 5.96. The van der Waals surface area contributed by atoms with Crippen LogP contribution in [0, 0.1) is 5.41 Å². The zero-order valence-electron chi connectivity index (χ0n) is 11.9. The Bertz CT molecular complexity index is 442. The largest absolute Gasteiger partial charge is 0.384 e. The number of rotatable bonds is 4. The predicted molar refractivity (Wildman–Crippen MR) is 79.4 cm³/mol. The van der Waals surface area contributed by atoms with Gasteiger partial charge in [-0.3, -0.25) is 10.3 Å². The number of nitrogens with one attached hydrogen (secondary N) is 1. The van der Waals surface area contributed by atoms with Gasteiger partial charge in [-0.1, -0.05) is 24.3 Å². The number of nitrogens with zero attached hydrogens (tertiary/aromatic N) is 2. The fourth-order valence-electron chi connectivity index (χ4n) is 2.76. The van der Waals surface area contributed by atoms with Crippen LogP contribution in [0.15, 0.2) is 24.3 Å². The minimum absolute atomic E-state index is 0.164. The summed E-state index contributed by atoms with van der Waals surface area (Å²) in [6.07, 6.45) is 2.52. The Morgan fingerprint density at radius 3 is 2.84 bits per heavy atom. The first-order valence-electron chi connectivity index (χ1n) is 6.89. The molecule has 0 spiro atoms. The molecule has 0 radical (unpaired) electrons. The van der Waals surface area contributed by atoms with Crippen molar-refractivity contribution in [3.63, 3.8) is 0 Å². The summed E-state index contributed by atoms with van der Waals surface area (Å²) < 4.78 is 0. The van der Waals surface area contributed by atoms with Gasteiger partial charge in [0.25, 0.3) is 0 Å². The molecule has 0 amide bonds. The normalized spacial score (nSPS) is 20.7. The molecule has 0 aromatic heterocycles. The molecule has 2 rings (SSSR count). The van der Waals surface area contributed by atoms with E-state index in [-0.39, 0.29) is 5.84 Å². The van der Waals surface area contributed by atoms with Crippen molar-refractivity contribution in [2.45, 2.75) is 25.4 Å². The second kappa shape index (κ2) is 6.17. The Morgan fingerprint density at radius 1 is 1.42 bits per heavy atom. The highest BCUT2D eigenvalue weighted by atomic mass is 15.2. The molecule has 0 bridgehead atoms. The topological polar surface area (TPSA) is 56.4 Å². The van der Waals surface area contributed by atoms with Crippen molar-refractivity contribution in [3.8, 4) is 0 Å². The third-order valence-electron chi connectivity index (χ3n) is 3.91. The molecule has 104 valence electrons. The number of likely N-dealkylation sites (N-methyl/N-ethyl adjacent to an activating group) is 1. The van der Waals surface area contributed by atoms with E-state index in [0.29, 0.717) is 6.04 Å². The summed E-state index contributed by atoms with van der Waals surface area (Å²) in [5.74, 6) is 0.164. The van der Waals surface area contributed by atoms with Gasteiger partial charge in [-0.2, -0.15) is 0 Å². The third kappa shape index (κ3) is 3.55. The van der Waals surface area contributed by atoms with E-state index in [1.165, 1.54) is 12.8 Å². The molecular formula is C15H24N4. The lowest BCUT2D eigenvalue weighted by atomic mass is 10.0. The molecule has 1 saturated heterocycles. The Kier molecular flexibility index (Phi) is 4.56. The van der Waals surface area contributed by atoms with Crippen LogP contribution in [0.5, 0.6) is 0 Å². The summed E-state index contributed by atoms with van der Waals surface area (Å²) in [4.78, 5) is 4.78. The first-order valence-corrected chi connectivity index (χ1v) is 6.89. The fraction of sp³-hybridized carbons (Fsp3) is 0.533. The van der Waals surface area contributed by atoms with Crippen LogP contribution in [0.25, 0.3) is 0 Å². The quantitative estimate of drug-likeness (QED) is 0.637. The number of hydrogen-bond donors (Lipinski definition) is 2.